The van der Waals surface area contributed by atoms with Crippen LogP contribution in [0.2, 0.25) is 0 Å². The first kappa shape index (κ1) is 22.5. The number of amides is 1. The Kier molecular flexibility index (Phi) is 7.55. The topological polar surface area (TPSA) is 70.7 Å². The summed E-state index contributed by atoms with van der Waals surface area (Å²) in [5.74, 6) is 0.0401. The number of nitrogens with one attached hydrogen (secondary N) is 2. The van der Waals surface area contributed by atoms with Gasteiger partial charge in [0.25, 0.3) is 0 Å². The summed E-state index contributed by atoms with van der Waals surface area (Å²) in [4.78, 5) is 32.6. The van der Waals surface area contributed by atoms with Gasteiger partial charge in [0.2, 0.25) is 5.91 Å². The van der Waals surface area contributed by atoms with E-state index in [4.69, 9.17) is 4.84 Å². The van der Waals surface area contributed by atoms with E-state index in [-0.39, 0.29) is 30.0 Å². The maximum Gasteiger partial charge on any atom is 0.356 e. The van der Waals surface area contributed by atoms with Gasteiger partial charge in [-0.25, -0.2) is 4.79 Å². The van der Waals surface area contributed by atoms with Crippen LogP contribution in [0.15, 0.2) is 60.7 Å². The third-order valence-electron chi connectivity index (χ3n) is 6.82. The van der Waals surface area contributed by atoms with Gasteiger partial charge in [0.05, 0.1) is 12.1 Å². The highest BCUT2D eigenvalue weighted by Gasteiger charge is 2.36. The largest absolute Gasteiger partial charge is 0.366 e. The minimum atomic E-state index is -0.358. The van der Waals surface area contributed by atoms with E-state index < -0.39 is 0 Å². The summed E-state index contributed by atoms with van der Waals surface area (Å²) in [6.45, 7) is 3.45. The highest BCUT2D eigenvalue weighted by atomic mass is 16.7. The van der Waals surface area contributed by atoms with E-state index in [1.165, 1.54) is 5.56 Å². The third kappa shape index (κ3) is 5.75. The van der Waals surface area contributed by atoms with Crippen LogP contribution in [0.3, 0.4) is 0 Å². The predicted octanol–water partition coefficient (Wildman–Crippen LogP) is 3.34. The molecule has 2 N–H and O–H groups in total. The number of nitrogens with zero attached hydrogens (tertiary/aromatic N) is 1. The average molecular weight is 436 g/mol. The molecule has 0 radical (unpaired) electrons. The highest BCUT2D eigenvalue weighted by molar-refractivity contribution is 5.89. The third-order valence-corrected chi connectivity index (χ3v) is 6.82. The average Bonchev–Trinajstić information content (AvgIpc) is 2.83. The van der Waals surface area contributed by atoms with Gasteiger partial charge in [0, 0.05) is 24.7 Å². The zero-order chi connectivity index (χ0) is 22.3. The second-order valence-electron chi connectivity index (χ2n) is 9.05. The van der Waals surface area contributed by atoms with Gasteiger partial charge in [-0.2, -0.15) is 0 Å². The number of benzene rings is 2. The number of carbonyl (C=O) groups excluding carboxylic acids is 2. The molecule has 6 heteroatoms. The molecule has 1 amide bonds. The van der Waals surface area contributed by atoms with E-state index in [9.17, 15) is 9.59 Å². The van der Waals surface area contributed by atoms with Crippen LogP contribution in [0.4, 0.5) is 0 Å². The molecule has 1 saturated carbocycles. The summed E-state index contributed by atoms with van der Waals surface area (Å²) in [7, 11) is 0. The smallest absolute Gasteiger partial charge is 0.356 e. The lowest BCUT2D eigenvalue weighted by molar-refractivity contribution is -0.127. The van der Waals surface area contributed by atoms with Crippen molar-refractivity contribution in [2.45, 2.75) is 57.2 Å². The highest BCUT2D eigenvalue weighted by Crippen LogP contribution is 2.30. The van der Waals surface area contributed by atoms with Crippen molar-refractivity contribution in [2.75, 3.05) is 13.1 Å². The normalized spacial score (nSPS) is 25.0. The standard InChI is InChI=1S/C26H33N3O3/c1-19(29-17-22(27-25(30)18-29)16-20-10-4-2-5-11-20)23-14-8-9-15-24(23)28-32-26(31)21-12-6-3-7-13-21/h2-7,10-13,19,22-24,28H,8-9,14-18H2,1H3,(H,27,30)/t19-,22+,23+,24-/m1/s1. The molecular weight excluding hydrogens is 402 g/mol. The van der Waals surface area contributed by atoms with Crippen molar-refractivity contribution in [3.63, 3.8) is 0 Å². The quantitative estimate of drug-likeness (QED) is 0.653. The van der Waals surface area contributed by atoms with Crippen molar-refractivity contribution in [3.05, 3.63) is 71.8 Å². The van der Waals surface area contributed by atoms with E-state index in [2.05, 4.69) is 34.8 Å². The molecule has 0 bridgehead atoms. The number of carbonyl (C=O) groups is 2. The fourth-order valence-electron chi connectivity index (χ4n) is 5.09. The van der Waals surface area contributed by atoms with Crippen molar-refractivity contribution < 1.29 is 14.4 Å². The summed E-state index contributed by atoms with van der Waals surface area (Å²) < 4.78 is 0. The van der Waals surface area contributed by atoms with Crippen molar-refractivity contribution in [3.8, 4) is 0 Å². The first-order valence-corrected chi connectivity index (χ1v) is 11.7. The van der Waals surface area contributed by atoms with Gasteiger partial charge >= 0.3 is 5.97 Å². The van der Waals surface area contributed by atoms with Crippen LogP contribution in [0.1, 0.15) is 48.5 Å². The molecule has 4 rings (SSSR count). The van der Waals surface area contributed by atoms with Crippen LogP contribution >= 0.6 is 0 Å². The number of rotatable bonds is 7. The zero-order valence-electron chi connectivity index (χ0n) is 18.7. The molecule has 1 aliphatic carbocycles. The number of hydroxylamine groups is 1. The van der Waals surface area contributed by atoms with Crippen LogP contribution in [-0.2, 0) is 16.1 Å². The lowest BCUT2D eigenvalue weighted by Gasteiger charge is -2.43. The summed E-state index contributed by atoms with van der Waals surface area (Å²) in [5, 5.41) is 3.16. The van der Waals surface area contributed by atoms with E-state index >= 15 is 0 Å². The Bertz CT molecular complexity index is 890. The molecule has 32 heavy (non-hydrogen) atoms. The van der Waals surface area contributed by atoms with E-state index in [0.717, 1.165) is 38.6 Å². The Morgan fingerprint density at radius 2 is 1.78 bits per heavy atom. The van der Waals surface area contributed by atoms with Gasteiger partial charge in [-0.05, 0) is 49.8 Å². The van der Waals surface area contributed by atoms with Crippen molar-refractivity contribution in [1.82, 2.24) is 15.7 Å². The molecule has 1 saturated heterocycles. The monoisotopic (exact) mass is 435 g/mol. The summed E-state index contributed by atoms with van der Waals surface area (Å²) in [6, 6.07) is 19.8. The minimum Gasteiger partial charge on any atom is -0.366 e. The Balaban J connectivity index is 1.37. The molecule has 0 unspecified atom stereocenters. The summed E-state index contributed by atoms with van der Waals surface area (Å²) >= 11 is 0. The van der Waals surface area contributed by atoms with Gasteiger partial charge in [-0.15, -0.1) is 5.48 Å². The van der Waals surface area contributed by atoms with Gasteiger partial charge in [-0.1, -0.05) is 61.4 Å². The zero-order valence-corrected chi connectivity index (χ0v) is 18.7. The number of hydrogen-bond acceptors (Lipinski definition) is 5. The molecule has 170 valence electrons. The molecule has 0 spiro atoms. The van der Waals surface area contributed by atoms with Crippen LogP contribution in [0.25, 0.3) is 0 Å². The molecule has 1 aliphatic heterocycles. The van der Waals surface area contributed by atoms with Gasteiger partial charge in [0.15, 0.2) is 0 Å². The number of hydrogen-bond donors (Lipinski definition) is 2. The van der Waals surface area contributed by atoms with Gasteiger partial charge < -0.3 is 10.2 Å². The van der Waals surface area contributed by atoms with E-state index in [1.54, 1.807) is 12.1 Å². The van der Waals surface area contributed by atoms with Gasteiger partial charge in [0.1, 0.15) is 0 Å². The Labute approximate surface area is 190 Å². The predicted molar refractivity (Wildman–Crippen MR) is 124 cm³/mol. The second-order valence-corrected chi connectivity index (χ2v) is 9.05. The van der Waals surface area contributed by atoms with E-state index in [1.807, 2.05) is 36.4 Å². The summed E-state index contributed by atoms with van der Waals surface area (Å²) in [5.41, 5.74) is 4.85. The van der Waals surface area contributed by atoms with Crippen LogP contribution in [0, 0.1) is 5.92 Å². The summed E-state index contributed by atoms with van der Waals surface area (Å²) in [6.07, 6.45) is 5.12. The first-order valence-electron chi connectivity index (χ1n) is 11.7. The SMILES string of the molecule is C[C@H]([C@@H]1CCCC[C@H]1NOC(=O)c1ccccc1)N1CC(=O)N[C@@H](Cc2ccccc2)C1. The molecule has 6 nitrogen and oxygen atoms in total. The lowest BCUT2D eigenvalue weighted by Crippen LogP contribution is -2.60. The maximum atomic E-state index is 12.5. The van der Waals surface area contributed by atoms with Crippen LogP contribution in [-0.4, -0.2) is 48.0 Å². The van der Waals surface area contributed by atoms with E-state index in [0.29, 0.717) is 18.0 Å². The molecule has 2 aromatic carbocycles. The molecule has 2 fully saturated rings. The molecule has 1 heterocycles. The van der Waals surface area contributed by atoms with Crippen molar-refractivity contribution in [2.24, 2.45) is 5.92 Å². The van der Waals surface area contributed by atoms with Gasteiger partial charge in [-0.3, -0.25) is 9.69 Å². The second kappa shape index (κ2) is 10.7. The lowest BCUT2D eigenvalue weighted by atomic mass is 9.79. The maximum absolute atomic E-state index is 12.5. The fourth-order valence-corrected chi connectivity index (χ4v) is 5.09. The Morgan fingerprint density at radius 1 is 1.09 bits per heavy atom. The van der Waals surface area contributed by atoms with Crippen molar-refractivity contribution >= 4 is 11.9 Å². The Morgan fingerprint density at radius 3 is 2.53 bits per heavy atom. The van der Waals surface area contributed by atoms with Crippen LogP contribution < -0.4 is 10.8 Å². The molecule has 2 aliphatic rings. The molecular formula is C26H33N3O3. The first-order chi connectivity index (χ1) is 15.6. The molecule has 4 atom stereocenters. The fraction of sp³-hybridized carbons (Fsp3) is 0.462. The van der Waals surface area contributed by atoms with Crippen LogP contribution in [0.5, 0.6) is 0 Å². The number of piperazine rings is 1. The van der Waals surface area contributed by atoms with Crippen molar-refractivity contribution in [1.29, 1.82) is 0 Å². The Hall–Kier alpha value is -2.70. The molecule has 0 aromatic heterocycles. The minimum absolute atomic E-state index is 0.0832. The molecule has 2 aromatic rings.